The first-order valence-electron chi connectivity index (χ1n) is 10.0. The van der Waals surface area contributed by atoms with E-state index in [1.54, 1.807) is 0 Å². The van der Waals surface area contributed by atoms with Crippen molar-refractivity contribution in [1.29, 1.82) is 0 Å². The van der Waals surface area contributed by atoms with Gasteiger partial charge in [-0.05, 0) is 30.9 Å². The average molecular weight is 382 g/mol. The molecule has 0 unspecified atom stereocenters. The number of pyridine rings is 1. The molecule has 8 heteroatoms. The first-order chi connectivity index (χ1) is 13.6. The number of hydrogen-bond donors (Lipinski definition) is 1. The van der Waals surface area contributed by atoms with Gasteiger partial charge in [-0.1, -0.05) is 38.3 Å². The number of fused-ring (bicyclic) bond motifs is 1. The van der Waals surface area contributed by atoms with Crippen LogP contribution in [0.25, 0.3) is 17.1 Å². The van der Waals surface area contributed by atoms with Crippen LogP contribution < -0.4 is 5.32 Å². The largest absolute Gasteiger partial charge is 0.349 e. The van der Waals surface area contributed by atoms with Gasteiger partial charge < -0.3 is 9.84 Å². The van der Waals surface area contributed by atoms with Gasteiger partial charge in [0, 0.05) is 18.5 Å². The van der Waals surface area contributed by atoms with E-state index in [4.69, 9.17) is 4.52 Å². The topological polar surface area (TPSA) is 98.2 Å². The molecule has 0 saturated heterocycles. The van der Waals surface area contributed by atoms with Crippen LogP contribution in [0.2, 0.25) is 0 Å². The predicted octanol–water partition coefficient (Wildman–Crippen LogP) is 3.49. The molecule has 0 atom stereocenters. The maximum absolute atomic E-state index is 12.3. The van der Waals surface area contributed by atoms with E-state index < -0.39 is 0 Å². The lowest BCUT2D eigenvalue weighted by Crippen LogP contribution is -2.26. The highest BCUT2D eigenvalue weighted by Gasteiger charge is 2.19. The summed E-state index contributed by atoms with van der Waals surface area (Å²) in [5.74, 6) is 2.55. The van der Waals surface area contributed by atoms with Crippen molar-refractivity contribution >= 4 is 11.6 Å². The SMILES string of the molecule is CC(C)c1noc(-c2cccn3c(CNC(=O)CC4CCCCC4)nnc23)n1. The Morgan fingerprint density at radius 1 is 1.29 bits per heavy atom. The number of nitrogens with one attached hydrogen (secondary N) is 1. The third-order valence-corrected chi connectivity index (χ3v) is 5.34. The van der Waals surface area contributed by atoms with Crippen molar-refractivity contribution in [3.63, 3.8) is 0 Å². The first-order valence-corrected chi connectivity index (χ1v) is 10.0. The molecular formula is C20H26N6O2. The standard InChI is InChI=1S/C20H26N6O2/c1-13(2)18-22-20(28-25-18)15-9-6-10-26-16(23-24-19(15)26)12-21-17(27)11-14-7-4-3-5-8-14/h6,9-10,13-14H,3-5,7-8,11-12H2,1-2H3,(H,21,27). The summed E-state index contributed by atoms with van der Waals surface area (Å²) in [6.45, 7) is 4.37. The maximum Gasteiger partial charge on any atom is 0.261 e. The van der Waals surface area contributed by atoms with Crippen molar-refractivity contribution in [3.05, 3.63) is 30.0 Å². The van der Waals surface area contributed by atoms with Crippen molar-refractivity contribution in [2.24, 2.45) is 5.92 Å². The molecule has 28 heavy (non-hydrogen) atoms. The number of nitrogens with zero attached hydrogens (tertiary/aromatic N) is 5. The van der Waals surface area contributed by atoms with Crippen molar-refractivity contribution in [1.82, 2.24) is 30.1 Å². The Morgan fingerprint density at radius 3 is 2.86 bits per heavy atom. The summed E-state index contributed by atoms with van der Waals surface area (Å²) in [6, 6.07) is 3.77. The number of carbonyl (C=O) groups is 1. The van der Waals surface area contributed by atoms with E-state index in [0.29, 0.717) is 42.1 Å². The van der Waals surface area contributed by atoms with E-state index in [9.17, 15) is 4.79 Å². The summed E-state index contributed by atoms with van der Waals surface area (Å²) < 4.78 is 7.26. The van der Waals surface area contributed by atoms with E-state index in [-0.39, 0.29) is 11.8 Å². The monoisotopic (exact) mass is 382 g/mol. The number of amides is 1. The summed E-state index contributed by atoms with van der Waals surface area (Å²) in [6.07, 6.45) is 8.57. The van der Waals surface area contributed by atoms with Crippen LogP contribution in [-0.2, 0) is 11.3 Å². The van der Waals surface area contributed by atoms with Crippen molar-refractivity contribution in [2.75, 3.05) is 0 Å². The van der Waals surface area contributed by atoms with Crippen molar-refractivity contribution in [3.8, 4) is 11.5 Å². The molecule has 1 fully saturated rings. The number of carbonyl (C=O) groups excluding carboxylic acids is 1. The van der Waals surface area contributed by atoms with Gasteiger partial charge in [0.2, 0.25) is 5.91 Å². The summed E-state index contributed by atoms with van der Waals surface area (Å²) in [5, 5.41) is 15.5. The van der Waals surface area contributed by atoms with Crippen LogP contribution >= 0.6 is 0 Å². The van der Waals surface area contributed by atoms with Gasteiger partial charge in [0.05, 0.1) is 12.1 Å². The fourth-order valence-corrected chi connectivity index (χ4v) is 3.73. The molecule has 1 N–H and O–H groups in total. The Kier molecular flexibility index (Phi) is 5.36. The minimum absolute atomic E-state index is 0.0817. The molecule has 1 saturated carbocycles. The predicted molar refractivity (Wildman–Crippen MR) is 103 cm³/mol. The number of hydrogen-bond acceptors (Lipinski definition) is 6. The Labute approximate surface area is 163 Å². The van der Waals surface area contributed by atoms with Crippen LogP contribution in [0.3, 0.4) is 0 Å². The van der Waals surface area contributed by atoms with Gasteiger partial charge in [0.1, 0.15) is 0 Å². The molecule has 3 aromatic heterocycles. The number of aromatic nitrogens is 5. The van der Waals surface area contributed by atoms with Gasteiger partial charge in [0.25, 0.3) is 5.89 Å². The zero-order valence-electron chi connectivity index (χ0n) is 16.4. The Bertz CT molecular complexity index is 955. The van der Waals surface area contributed by atoms with Gasteiger partial charge in [0.15, 0.2) is 17.3 Å². The molecule has 1 aliphatic rings. The molecule has 0 spiro atoms. The summed E-state index contributed by atoms with van der Waals surface area (Å²) in [7, 11) is 0. The second-order valence-corrected chi connectivity index (χ2v) is 7.83. The Morgan fingerprint density at radius 2 is 2.11 bits per heavy atom. The van der Waals surface area contributed by atoms with Crippen LogP contribution in [0.5, 0.6) is 0 Å². The highest BCUT2D eigenvalue weighted by Crippen LogP contribution is 2.26. The van der Waals surface area contributed by atoms with E-state index in [2.05, 4.69) is 25.7 Å². The molecule has 4 rings (SSSR count). The summed E-state index contributed by atoms with van der Waals surface area (Å²) >= 11 is 0. The minimum atomic E-state index is 0.0817. The van der Waals surface area contributed by atoms with Crippen molar-refractivity contribution in [2.45, 2.75) is 64.8 Å². The lowest BCUT2D eigenvalue weighted by atomic mass is 9.87. The van der Waals surface area contributed by atoms with Crippen LogP contribution in [0.1, 0.15) is 69.9 Å². The number of rotatable bonds is 6. The van der Waals surface area contributed by atoms with Gasteiger partial charge in [-0.15, -0.1) is 10.2 Å². The van der Waals surface area contributed by atoms with E-state index in [1.165, 1.54) is 19.3 Å². The molecule has 1 amide bonds. The van der Waals surface area contributed by atoms with Crippen LogP contribution in [-0.4, -0.2) is 30.6 Å². The van der Waals surface area contributed by atoms with Gasteiger partial charge in [-0.3, -0.25) is 9.20 Å². The molecule has 3 heterocycles. The third kappa shape index (κ3) is 3.90. The van der Waals surface area contributed by atoms with Gasteiger partial charge in [-0.25, -0.2) is 0 Å². The van der Waals surface area contributed by atoms with Gasteiger partial charge >= 0.3 is 0 Å². The molecule has 8 nitrogen and oxygen atoms in total. The van der Waals surface area contributed by atoms with Gasteiger partial charge in [-0.2, -0.15) is 4.98 Å². The fraction of sp³-hybridized carbons (Fsp3) is 0.550. The van der Waals surface area contributed by atoms with Crippen LogP contribution in [0.15, 0.2) is 22.9 Å². The fourth-order valence-electron chi connectivity index (χ4n) is 3.73. The van der Waals surface area contributed by atoms with E-state index in [0.717, 1.165) is 18.4 Å². The quantitative estimate of drug-likeness (QED) is 0.701. The normalized spacial score (nSPS) is 15.4. The second kappa shape index (κ2) is 8.08. The lowest BCUT2D eigenvalue weighted by Gasteiger charge is -2.20. The highest BCUT2D eigenvalue weighted by molar-refractivity contribution is 5.76. The Hall–Kier alpha value is -2.77. The maximum atomic E-state index is 12.3. The average Bonchev–Trinajstić information content (AvgIpc) is 3.34. The van der Waals surface area contributed by atoms with Crippen LogP contribution in [0.4, 0.5) is 0 Å². The van der Waals surface area contributed by atoms with Crippen molar-refractivity contribution < 1.29 is 9.32 Å². The second-order valence-electron chi connectivity index (χ2n) is 7.83. The lowest BCUT2D eigenvalue weighted by molar-refractivity contribution is -0.122. The zero-order chi connectivity index (χ0) is 19.5. The Balaban J connectivity index is 1.47. The molecular weight excluding hydrogens is 356 g/mol. The summed E-state index contributed by atoms with van der Waals surface area (Å²) in [4.78, 5) is 16.7. The molecule has 3 aromatic rings. The molecule has 1 aliphatic carbocycles. The highest BCUT2D eigenvalue weighted by atomic mass is 16.5. The third-order valence-electron chi connectivity index (χ3n) is 5.34. The van der Waals surface area contributed by atoms with E-state index in [1.807, 2.05) is 36.6 Å². The molecule has 0 aliphatic heterocycles. The zero-order valence-corrected chi connectivity index (χ0v) is 16.4. The minimum Gasteiger partial charge on any atom is -0.349 e. The summed E-state index contributed by atoms with van der Waals surface area (Å²) in [5.41, 5.74) is 1.37. The molecule has 0 radical (unpaired) electrons. The van der Waals surface area contributed by atoms with Crippen LogP contribution in [0, 0.1) is 5.92 Å². The van der Waals surface area contributed by atoms with E-state index >= 15 is 0 Å². The molecule has 148 valence electrons. The first kappa shape index (κ1) is 18.6. The molecule has 0 bridgehead atoms. The molecule has 0 aromatic carbocycles. The smallest absolute Gasteiger partial charge is 0.261 e.